The van der Waals surface area contributed by atoms with Gasteiger partial charge in [0.05, 0.1) is 6.61 Å². The van der Waals surface area contributed by atoms with Gasteiger partial charge in [-0.15, -0.1) is 0 Å². The third kappa shape index (κ3) is 3.19. The zero-order chi connectivity index (χ0) is 12.2. The van der Waals surface area contributed by atoms with Crippen LogP contribution in [0.4, 0.5) is 0 Å². The molecule has 2 N–H and O–H groups in total. The number of nitrogens with zero attached hydrogens (tertiary/aromatic N) is 1. The molecule has 0 radical (unpaired) electrons. The Bertz CT molecular complexity index is 241. The number of carbonyl (C=O) groups excluding carboxylic acids is 1. The number of hydrogen-bond donors (Lipinski definition) is 1. The molecule has 1 aliphatic heterocycles. The van der Waals surface area contributed by atoms with E-state index < -0.39 is 0 Å². The molecule has 0 bridgehead atoms. The normalized spacial score (nSPS) is 23.8. The maximum atomic E-state index is 11.8. The molecule has 1 rings (SSSR count). The number of amides is 1. The van der Waals surface area contributed by atoms with Crippen molar-refractivity contribution in [1.29, 1.82) is 0 Å². The first-order valence-corrected chi connectivity index (χ1v) is 6.07. The highest BCUT2D eigenvalue weighted by Gasteiger charge is 2.40. The fourth-order valence-corrected chi connectivity index (χ4v) is 2.21. The highest BCUT2D eigenvalue weighted by molar-refractivity contribution is 5.76. The minimum atomic E-state index is 0.152. The van der Waals surface area contributed by atoms with E-state index in [9.17, 15) is 4.79 Å². The minimum absolute atomic E-state index is 0.152. The molecule has 0 saturated carbocycles. The van der Waals surface area contributed by atoms with Crippen molar-refractivity contribution in [2.24, 2.45) is 17.1 Å². The first-order chi connectivity index (χ1) is 7.51. The van der Waals surface area contributed by atoms with Gasteiger partial charge in [-0.3, -0.25) is 4.79 Å². The van der Waals surface area contributed by atoms with Crippen molar-refractivity contribution in [2.75, 3.05) is 32.8 Å². The standard InChI is InChI=1S/C12H24N2O2/c1-4-16-8-10-7-14(9-12(10,2)3)11(15)5-6-13/h10H,4-9,13H2,1-3H3/t10-/m1/s1. The zero-order valence-electron chi connectivity index (χ0n) is 10.7. The van der Waals surface area contributed by atoms with Crippen molar-refractivity contribution >= 4 is 5.91 Å². The largest absolute Gasteiger partial charge is 0.381 e. The molecule has 0 aromatic rings. The molecule has 1 aliphatic rings. The molecule has 1 atom stereocenters. The van der Waals surface area contributed by atoms with Crippen molar-refractivity contribution in [1.82, 2.24) is 4.90 Å². The molecule has 4 nitrogen and oxygen atoms in total. The second kappa shape index (κ2) is 5.64. The van der Waals surface area contributed by atoms with Gasteiger partial charge >= 0.3 is 0 Å². The summed E-state index contributed by atoms with van der Waals surface area (Å²) in [5, 5.41) is 0. The van der Waals surface area contributed by atoms with Gasteiger partial charge in [0, 0.05) is 38.6 Å². The van der Waals surface area contributed by atoms with Gasteiger partial charge in [-0.05, 0) is 12.3 Å². The lowest BCUT2D eigenvalue weighted by molar-refractivity contribution is -0.130. The van der Waals surface area contributed by atoms with E-state index in [4.69, 9.17) is 10.5 Å². The molecule has 1 amide bonds. The van der Waals surface area contributed by atoms with Gasteiger partial charge < -0.3 is 15.4 Å². The van der Waals surface area contributed by atoms with Gasteiger partial charge in [0.1, 0.15) is 0 Å². The molecule has 1 heterocycles. The van der Waals surface area contributed by atoms with Gasteiger partial charge in [0.15, 0.2) is 0 Å². The molecule has 0 aromatic carbocycles. The molecule has 16 heavy (non-hydrogen) atoms. The average molecular weight is 228 g/mol. The van der Waals surface area contributed by atoms with E-state index in [-0.39, 0.29) is 11.3 Å². The Morgan fingerprint density at radius 3 is 2.81 bits per heavy atom. The van der Waals surface area contributed by atoms with Crippen LogP contribution in [-0.4, -0.2) is 43.7 Å². The van der Waals surface area contributed by atoms with Gasteiger partial charge in [-0.2, -0.15) is 0 Å². The van der Waals surface area contributed by atoms with Crippen LogP contribution in [-0.2, 0) is 9.53 Å². The van der Waals surface area contributed by atoms with Gasteiger partial charge in [-0.25, -0.2) is 0 Å². The van der Waals surface area contributed by atoms with E-state index in [1.807, 2.05) is 11.8 Å². The lowest BCUT2D eigenvalue weighted by Crippen LogP contribution is -2.31. The van der Waals surface area contributed by atoms with E-state index in [2.05, 4.69) is 13.8 Å². The zero-order valence-corrected chi connectivity index (χ0v) is 10.7. The molecule has 0 aliphatic carbocycles. The Balaban J connectivity index is 2.53. The summed E-state index contributed by atoms with van der Waals surface area (Å²) in [6.45, 7) is 9.96. The smallest absolute Gasteiger partial charge is 0.223 e. The van der Waals surface area contributed by atoms with Gasteiger partial charge in [0.2, 0.25) is 5.91 Å². The quantitative estimate of drug-likeness (QED) is 0.759. The number of hydrogen-bond acceptors (Lipinski definition) is 3. The second-order valence-corrected chi connectivity index (χ2v) is 5.16. The van der Waals surface area contributed by atoms with E-state index in [1.165, 1.54) is 0 Å². The first-order valence-electron chi connectivity index (χ1n) is 6.07. The number of carbonyl (C=O) groups is 1. The molecular weight excluding hydrogens is 204 g/mol. The summed E-state index contributed by atoms with van der Waals surface area (Å²) in [6.07, 6.45) is 0.456. The van der Waals surface area contributed by atoms with E-state index in [1.54, 1.807) is 0 Å². The highest BCUT2D eigenvalue weighted by Crippen LogP contribution is 2.35. The summed E-state index contributed by atoms with van der Waals surface area (Å²) in [6, 6.07) is 0. The van der Waals surface area contributed by atoms with Crippen molar-refractivity contribution < 1.29 is 9.53 Å². The summed E-state index contributed by atoms with van der Waals surface area (Å²) in [7, 11) is 0. The summed E-state index contributed by atoms with van der Waals surface area (Å²) < 4.78 is 5.48. The van der Waals surface area contributed by atoms with E-state index in [0.717, 1.165) is 26.3 Å². The third-order valence-corrected chi connectivity index (χ3v) is 3.38. The molecule has 0 unspecified atom stereocenters. The van der Waals surface area contributed by atoms with Crippen LogP contribution in [0.25, 0.3) is 0 Å². The predicted octanol–water partition coefficient (Wildman–Crippen LogP) is 0.856. The van der Waals surface area contributed by atoms with Crippen molar-refractivity contribution in [3.63, 3.8) is 0 Å². The Labute approximate surface area is 98.1 Å². The minimum Gasteiger partial charge on any atom is -0.381 e. The number of nitrogens with two attached hydrogens (primary N) is 1. The van der Waals surface area contributed by atoms with Crippen LogP contribution in [0.3, 0.4) is 0 Å². The fourth-order valence-electron chi connectivity index (χ4n) is 2.21. The highest BCUT2D eigenvalue weighted by atomic mass is 16.5. The van der Waals surface area contributed by atoms with E-state index in [0.29, 0.717) is 18.9 Å². The second-order valence-electron chi connectivity index (χ2n) is 5.16. The van der Waals surface area contributed by atoms with Crippen molar-refractivity contribution in [3.05, 3.63) is 0 Å². The predicted molar refractivity (Wildman–Crippen MR) is 64.0 cm³/mol. The topological polar surface area (TPSA) is 55.6 Å². The molecule has 0 aromatic heterocycles. The third-order valence-electron chi connectivity index (χ3n) is 3.38. The Kier molecular flexibility index (Phi) is 4.74. The number of ether oxygens (including phenoxy) is 1. The van der Waals surface area contributed by atoms with Gasteiger partial charge in [0.25, 0.3) is 0 Å². The Hall–Kier alpha value is -0.610. The van der Waals surface area contributed by atoms with Crippen molar-refractivity contribution in [2.45, 2.75) is 27.2 Å². The van der Waals surface area contributed by atoms with Crippen molar-refractivity contribution in [3.8, 4) is 0 Å². The van der Waals surface area contributed by atoms with Crippen LogP contribution in [0.15, 0.2) is 0 Å². The number of likely N-dealkylation sites (tertiary alicyclic amines) is 1. The van der Waals surface area contributed by atoms with Crippen LogP contribution in [0.2, 0.25) is 0 Å². The van der Waals surface area contributed by atoms with Crippen LogP contribution in [0, 0.1) is 11.3 Å². The summed E-state index contributed by atoms with van der Waals surface area (Å²) >= 11 is 0. The Morgan fingerprint density at radius 1 is 1.56 bits per heavy atom. The van der Waals surface area contributed by atoms with Crippen LogP contribution < -0.4 is 5.73 Å². The molecule has 1 saturated heterocycles. The first kappa shape index (κ1) is 13.5. The monoisotopic (exact) mass is 228 g/mol. The molecular formula is C12H24N2O2. The summed E-state index contributed by atoms with van der Waals surface area (Å²) in [5.41, 5.74) is 5.56. The maximum absolute atomic E-state index is 11.8. The summed E-state index contributed by atoms with van der Waals surface area (Å²) in [5.74, 6) is 0.615. The van der Waals surface area contributed by atoms with E-state index >= 15 is 0 Å². The molecule has 4 heteroatoms. The summed E-state index contributed by atoms with van der Waals surface area (Å²) in [4.78, 5) is 13.7. The lowest BCUT2D eigenvalue weighted by atomic mass is 9.83. The lowest BCUT2D eigenvalue weighted by Gasteiger charge is -2.24. The average Bonchev–Trinajstić information content (AvgIpc) is 2.51. The van der Waals surface area contributed by atoms with Crippen LogP contribution >= 0.6 is 0 Å². The molecule has 1 fully saturated rings. The molecule has 94 valence electrons. The fraction of sp³-hybridized carbons (Fsp3) is 0.917. The molecule has 0 spiro atoms. The number of rotatable bonds is 5. The van der Waals surface area contributed by atoms with Crippen LogP contribution in [0.5, 0.6) is 0 Å². The SMILES string of the molecule is CCOC[C@H]1CN(C(=O)CCN)CC1(C)C. The van der Waals surface area contributed by atoms with Crippen LogP contribution in [0.1, 0.15) is 27.2 Å². The Morgan fingerprint density at radius 2 is 2.25 bits per heavy atom. The maximum Gasteiger partial charge on any atom is 0.223 e. The van der Waals surface area contributed by atoms with Gasteiger partial charge in [-0.1, -0.05) is 13.8 Å².